The molecule has 2 atom stereocenters. The molecule has 0 radical (unpaired) electrons. The Bertz CT molecular complexity index is 1880. The van der Waals surface area contributed by atoms with E-state index in [-0.39, 0.29) is 28.9 Å². The van der Waals surface area contributed by atoms with Gasteiger partial charge in [0, 0.05) is 17.8 Å². The Morgan fingerprint density at radius 2 is 1.69 bits per heavy atom. The molecule has 2 heterocycles. The first-order chi connectivity index (χ1) is 23.2. The Labute approximate surface area is 277 Å². The van der Waals surface area contributed by atoms with E-state index < -0.39 is 53.1 Å². The fourth-order valence-electron chi connectivity index (χ4n) is 5.44. The van der Waals surface area contributed by atoms with Crippen LogP contribution in [0.5, 0.6) is 0 Å². The minimum atomic E-state index is -1.66. The number of hydrogen-bond acceptors (Lipinski definition) is 6. The second-order valence-electron chi connectivity index (χ2n) is 11.1. The molecule has 0 aromatic heterocycles. The third kappa shape index (κ3) is 7.20. The maximum atomic E-state index is 14.6. The number of hydrogen-bond donors (Lipinski definition) is 1. The molecule has 2 saturated heterocycles. The molecule has 1 N–H and O–H groups in total. The van der Waals surface area contributed by atoms with Crippen LogP contribution in [0.4, 0.5) is 33.7 Å². The smallest absolute Gasteiger partial charge is 0.410 e. The van der Waals surface area contributed by atoms with Gasteiger partial charge in [0.2, 0.25) is 11.8 Å². The van der Waals surface area contributed by atoms with Crippen molar-refractivity contribution in [2.24, 2.45) is 4.99 Å². The molecule has 0 aliphatic carbocycles. The van der Waals surface area contributed by atoms with Gasteiger partial charge in [0.15, 0.2) is 22.6 Å². The van der Waals surface area contributed by atoms with Crippen LogP contribution in [0, 0.1) is 23.3 Å². The lowest BCUT2D eigenvalue weighted by atomic mass is 10.1. The maximum Gasteiger partial charge on any atom is 0.410 e. The summed E-state index contributed by atoms with van der Waals surface area (Å²) in [6.45, 7) is 0.0289. The SMILES string of the molecule is O=C(Nc1ccc(C2SC(=Nc3cccc(F)c3)N(Cc3ccc(F)c(F)c3F)C2=O)cc1)[C@@H]1CCCN1C(=O)OCc1ccccc1. The number of ether oxygens (including phenoxy) is 1. The van der Waals surface area contributed by atoms with Gasteiger partial charge in [-0.1, -0.05) is 66.4 Å². The molecule has 0 saturated carbocycles. The summed E-state index contributed by atoms with van der Waals surface area (Å²) in [5, 5.41) is 2.07. The fraction of sp³-hybridized carbons (Fsp3) is 0.200. The van der Waals surface area contributed by atoms with E-state index in [0.717, 1.165) is 40.4 Å². The largest absolute Gasteiger partial charge is 0.445 e. The summed E-state index contributed by atoms with van der Waals surface area (Å²) in [6.07, 6.45) is 0.537. The van der Waals surface area contributed by atoms with Crippen LogP contribution in [0.25, 0.3) is 0 Å². The summed E-state index contributed by atoms with van der Waals surface area (Å²) in [6, 6.07) is 22.2. The lowest BCUT2D eigenvalue weighted by Gasteiger charge is -2.23. The standard InChI is InChI=1S/C35H28F4N4O4S/c36-24-8-4-9-26(18-24)41-34-43(19-23-13-16-27(37)30(39)29(23)38)33(45)31(48-34)22-11-14-25(15-12-22)40-32(44)28-10-5-17-42(28)35(46)47-20-21-6-2-1-3-7-21/h1-4,6-9,11-16,18,28,31H,5,10,17,19-20H2,(H,40,44)/t28-,31?/m0/s1. The van der Waals surface area contributed by atoms with Crippen LogP contribution in [-0.2, 0) is 27.5 Å². The molecule has 3 amide bonds. The van der Waals surface area contributed by atoms with Crippen molar-refractivity contribution in [2.45, 2.75) is 37.3 Å². The molecule has 0 spiro atoms. The van der Waals surface area contributed by atoms with E-state index in [9.17, 15) is 31.9 Å². The van der Waals surface area contributed by atoms with Crippen molar-refractivity contribution >= 4 is 46.2 Å². The average molecular weight is 677 g/mol. The lowest BCUT2D eigenvalue weighted by molar-refractivity contribution is -0.126. The second-order valence-corrected chi connectivity index (χ2v) is 12.2. The Hall–Kier alpha value is -5.17. The number of anilines is 1. The lowest BCUT2D eigenvalue weighted by Crippen LogP contribution is -2.43. The number of carbonyl (C=O) groups excluding carboxylic acids is 3. The molecular weight excluding hydrogens is 648 g/mol. The summed E-state index contributed by atoms with van der Waals surface area (Å²) in [7, 11) is 0. The van der Waals surface area contributed by atoms with Crippen molar-refractivity contribution in [2.75, 3.05) is 11.9 Å². The molecule has 0 bridgehead atoms. The first-order valence-corrected chi connectivity index (χ1v) is 15.9. The van der Waals surface area contributed by atoms with Crippen LogP contribution in [-0.4, -0.2) is 45.5 Å². The van der Waals surface area contributed by atoms with Crippen LogP contribution in [0.3, 0.4) is 0 Å². The van der Waals surface area contributed by atoms with Crippen molar-refractivity contribution in [3.8, 4) is 0 Å². The molecule has 2 aliphatic heterocycles. The number of amides is 3. The van der Waals surface area contributed by atoms with Gasteiger partial charge in [-0.2, -0.15) is 0 Å². The quantitative estimate of drug-likeness (QED) is 0.154. The number of amidine groups is 1. The number of nitrogens with zero attached hydrogens (tertiary/aromatic N) is 3. The highest BCUT2D eigenvalue weighted by Crippen LogP contribution is 2.42. The first-order valence-electron chi connectivity index (χ1n) is 15.0. The van der Waals surface area contributed by atoms with E-state index in [1.165, 1.54) is 23.1 Å². The van der Waals surface area contributed by atoms with Crippen LogP contribution in [0.2, 0.25) is 0 Å². The summed E-state index contributed by atoms with van der Waals surface area (Å²) >= 11 is 1.03. The predicted octanol–water partition coefficient (Wildman–Crippen LogP) is 7.49. The van der Waals surface area contributed by atoms with Crippen molar-refractivity contribution in [1.82, 2.24) is 9.80 Å². The topological polar surface area (TPSA) is 91.3 Å². The van der Waals surface area contributed by atoms with Crippen molar-refractivity contribution in [3.63, 3.8) is 0 Å². The van der Waals surface area contributed by atoms with Gasteiger partial charge in [-0.05, 0) is 60.4 Å². The average Bonchev–Trinajstić information content (AvgIpc) is 3.70. The van der Waals surface area contributed by atoms with Gasteiger partial charge in [0.25, 0.3) is 0 Å². The van der Waals surface area contributed by atoms with Crippen molar-refractivity contribution < 1.29 is 36.7 Å². The highest BCUT2D eigenvalue weighted by Gasteiger charge is 2.40. The van der Waals surface area contributed by atoms with Gasteiger partial charge in [-0.3, -0.25) is 19.4 Å². The number of carbonyl (C=O) groups is 3. The van der Waals surface area contributed by atoms with E-state index in [1.807, 2.05) is 30.3 Å². The number of nitrogens with one attached hydrogen (secondary N) is 1. The summed E-state index contributed by atoms with van der Waals surface area (Å²) in [5.74, 6) is -5.88. The van der Waals surface area contributed by atoms with Gasteiger partial charge in [0.05, 0.1) is 12.2 Å². The zero-order valence-electron chi connectivity index (χ0n) is 25.2. The van der Waals surface area contributed by atoms with Gasteiger partial charge in [0.1, 0.15) is 23.7 Å². The van der Waals surface area contributed by atoms with Crippen molar-refractivity contribution in [1.29, 1.82) is 0 Å². The van der Waals surface area contributed by atoms with E-state index in [2.05, 4.69) is 10.3 Å². The highest BCUT2D eigenvalue weighted by atomic mass is 32.2. The molecule has 48 heavy (non-hydrogen) atoms. The number of thioether (sulfide) groups is 1. The second kappa shape index (κ2) is 14.3. The number of likely N-dealkylation sites (tertiary alicyclic amines) is 1. The summed E-state index contributed by atoms with van der Waals surface area (Å²) in [5.41, 5.74) is 1.72. The van der Waals surface area contributed by atoms with Crippen molar-refractivity contribution in [3.05, 3.63) is 131 Å². The van der Waals surface area contributed by atoms with Crippen LogP contribution < -0.4 is 5.32 Å². The number of aliphatic imine (C=N–C) groups is 1. The van der Waals surface area contributed by atoms with Crippen LogP contribution in [0.1, 0.15) is 34.8 Å². The zero-order chi connectivity index (χ0) is 33.8. The van der Waals surface area contributed by atoms with E-state index in [4.69, 9.17) is 4.74 Å². The monoisotopic (exact) mass is 676 g/mol. The molecule has 2 fully saturated rings. The molecule has 13 heteroatoms. The van der Waals surface area contributed by atoms with E-state index >= 15 is 0 Å². The minimum absolute atomic E-state index is 0.0890. The Morgan fingerprint density at radius 3 is 2.44 bits per heavy atom. The highest BCUT2D eigenvalue weighted by molar-refractivity contribution is 8.15. The normalized spacial score (nSPS) is 18.4. The molecule has 4 aromatic rings. The number of halogens is 4. The molecule has 8 nitrogen and oxygen atoms in total. The van der Waals surface area contributed by atoms with E-state index in [0.29, 0.717) is 30.6 Å². The fourth-order valence-corrected chi connectivity index (χ4v) is 6.61. The van der Waals surface area contributed by atoms with Crippen LogP contribution >= 0.6 is 11.8 Å². The molecule has 6 rings (SSSR count). The van der Waals surface area contributed by atoms with Crippen LogP contribution in [0.15, 0.2) is 96.0 Å². The third-order valence-corrected chi connectivity index (χ3v) is 9.13. The molecule has 1 unspecified atom stereocenters. The predicted molar refractivity (Wildman–Crippen MR) is 172 cm³/mol. The van der Waals surface area contributed by atoms with Gasteiger partial charge >= 0.3 is 6.09 Å². The Morgan fingerprint density at radius 1 is 0.917 bits per heavy atom. The molecule has 4 aromatic carbocycles. The molecular formula is C35H28F4N4O4S. The Balaban J connectivity index is 1.16. The van der Waals surface area contributed by atoms with E-state index in [1.54, 1.807) is 24.3 Å². The minimum Gasteiger partial charge on any atom is -0.445 e. The van der Waals surface area contributed by atoms with Gasteiger partial charge in [-0.15, -0.1) is 0 Å². The number of benzene rings is 4. The van der Waals surface area contributed by atoms with Gasteiger partial charge in [-0.25, -0.2) is 27.3 Å². The third-order valence-electron chi connectivity index (χ3n) is 7.90. The summed E-state index contributed by atoms with van der Waals surface area (Å²) in [4.78, 5) is 46.5. The molecule has 2 aliphatic rings. The summed E-state index contributed by atoms with van der Waals surface area (Å²) < 4.78 is 61.5. The Kier molecular flexibility index (Phi) is 9.76. The number of rotatable bonds is 8. The zero-order valence-corrected chi connectivity index (χ0v) is 26.1. The van der Waals surface area contributed by atoms with Gasteiger partial charge < -0.3 is 10.1 Å². The first kappa shape index (κ1) is 32.8. The maximum absolute atomic E-state index is 14.6. The molecule has 246 valence electrons.